The molecule has 0 amide bonds. The summed E-state index contributed by atoms with van der Waals surface area (Å²) in [5.74, 6) is 0. The first kappa shape index (κ1) is 20.9. The molecule has 5 rings (SSSR count). The molecule has 0 unspecified atom stereocenters. The molecule has 5 nitrogen and oxygen atoms in total. The topological polar surface area (TPSA) is 34.6 Å². The van der Waals surface area contributed by atoms with Gasteiger partial charge in [-0.1, -0.05) is 25.1 Å². The molecule has 1 N–H and O–H groups in total. The van der Waals surface area contributed by atoms with Gasteiger partial charge in [0, 0.05) is 57.2 Å². The summed E-state index contributed by atoms with van der Waals surface area (Å²) in [5, 5.41) is 3.83. The van der Waals surface area contributed by atoms with Crippen LogP contribution in [0.4, 0.5) is 5.69 Å². The second kappa shape index (κ2) is 9.27. The maximum atomic E-state index is 4.77. The molecule has 2 aliphatic heterocycles. The van der Waals surface area contributed by atoms with Crippen LogP contribution in [0.3, 0.4) is 0 Å². The number of anilines is 1. The molecule has 0 spiro atoms. The van der Waals surface area contributed by atoms with E-state index in [9.17, 15) is 0 Å². The first-order valence-corrected chi connectivity index (χ1v) is 12.2. The Labute approximate surface area is 187 Å². The van der Waals surface area contributed by atoms with E-state index in [1.165, 1.54) is 54.9 Å². The minimum absolute atomic E-state index is 0.450. The highest BCUT2D eigenvalue weighted by Crippen LogP contribution is 2.33. The fraction of sp³-hybridized carbons (Fsp3) is 0.577. The maximum absolute atomic E-state index is 4.77. The van der Waals surface area contributed by atoms with Gasteiger partial charge in [-0.3, -0.25) is 9.88 Å². The number of aromatic nitrogens is 1. The highest BCUT2D eigenvalue weighted by Gasteiger charge is 2.29. The van der Waals surface area contributed by atoms with Crippen LogP contribution < -0.4 is 10.2 Å². The largest absolute Gasteiger partial charge is 0.369 e. The highest BCUT2D eigenvalue weighted by molar-refractivity contribution is 5.58. The number of likely N-dealkylation sites (N-methyl/N-ethyl adjacent to an activating group) is 2. The number of fused-ring (bicyclic) bond motifs is 2. The van der Waals surface area contributed by atoms with Gasteiger partial charge in [0.2, 0.25) is 0 Å². The van der Waals surface area contributed by atoms with E-state index in [0.717, 1.165) is 39.1 Å². The summed E-state index contributed by atoms with van der Waals surface area (Å²) in [5.41, 5.74) is 7.29. The number of rotatable bonds is 5. The Morgan fingerprint density at radius 1 is 1.10 bits per heavy atom. The fourth-order valence-corrected chi connectivity index (χ4v) is 5.81. The number of hydrogen-bond donors (Lipinski definition) is 1. The molecule has 0 radical (unpaired) electrons. The second-order valence-electron chi connectivity index (χ2n) is 9.51. The Hall–Kier alpha value is -1.95. The van der Waals surface area contributed by atoms with E-state index in [4.69, 9.17) is 4.98 Å². The van der Waals surface area contributed by atoms with Crippen LogP contribution in [0.5, 0.6) is 0 Å². The molecule has 3 aliphatic rings. The molecule has 31 heavy (non-hydrogen) atoms. The van der Waals surface area contributed by atoms with Crippen LogP contribution in [-0.4, -0.2) is 67.1 Å². The van der Waals surface area contributed by atoms with E-state index in [2.05, 4.69) is 64.3 Å². The van der Waals surface area contributed by atoms with Crippen molar-refractivity contribution in [2.24, 2.45) is 0 Å². The van der Waals surface area contributed by atoms with E-state index in [-0.39, 0.29) is 0 Å². The minimum atomic E-state index is 0.450. The lowest BCUT2D eigenvalue weighted by atomic mass is 9.89. The molecule has 2 atom stereocenters. The lowest BCUT2D eigenvalue weighted by Crippen LogP contribution is -2.48. The predicted molar refractivity (Wildman–Crippen MR) is 128 cm³/mol. The molecule has 1 aromatic carbocycles. The van der Waals surface area contributed by atoms with Gasteiger partial charge in [-0.25, -0.2) is 0 Å². The van der Waals surface area contributed by atoms with Gasteiger partial charge in [0.15, 0.2) is 0 Å². The first-order chi connectivity index (χ1) is 15.2. The van der Waals surface area contributed by atoms with Crippen molar-refractivity contribution in [3.63, 3.8) is 0 Å². The number of pyridine rings is 1. The van der Waals surface area contributed by atoms with Crippen molar-refractivity contribution in [2.45, 2.75) is 51.2 Å². The van der Waals surface area contributed by atoms with Crippen LogP contribution in [0, 0.1) is 0 Å². The van der Waals surface area contributed by atoms with Crippen molar-refractivity contribution in [3.05, 3.63) is 58.9 Å². The number of hydrogen-bond acceptors (Lipinski definition) is 5. The molecule has 3 heterocycles. The zero-order chi connectivity index (χ0) is 21.2. The van der Waals surface area contributed by atoms with Gasteiger partial charge < -0.3 is 15.1 Å². The predicted octanol–water partition coefficient (Wildman–Crippen LogP) is 3.25. The number of benzene rings is 1. The zero-order valence-corrected chi connectivity index (χ0v) is 19.2. The van der Waals surface area contributed by atoms with E-state index >= 15 is 0 Å². The average molecular weight is 420 g/mol. The van der Waals surface area contributed by atoms with Crippen LogP contribution in [-0.2, 0) is 19.4 Å². The van der Waals surface area contributed by atoms with Gasteiger partial charge in [0.1, 0.15) is 0 Å². The summed E-state index contributed by atoms with van der Waals surface area (Å²) in [7, 11) is 2.29. The molecular weight excluding hydrogens is 382 g/mol. The lowest BCUT2D eigenvalue weighted by molar-refractivity contribution is 0.191. The van der Waals surface area contributed by atoms with E-state index < -0.39 is 0 Å². The first-order valence-electron chi connectivity index (χ1n) is 12.2. The van der Waals surface area contributed by atoms with Crippen molar-refractivity contribution in [1.29, 1.82) is 0 Å². The number of piperazine rings is 1. The average Bonchev–Trinajstić information content (AvgIpc) is 2.83. The summed E-state index contributed by atoms with van der Waals surface area (Å²) in [6, 6.07) is 12.2. The van der Waals surface area contributed by atoms with Crippen LogP contribution in [0.2, 0.25) is 0 Å². The molecule has 0 saturated carbocycles. The molecule has 1 fully saturated rings. The third-order valence-corrected chi connectivity index (χ3v) is 7.65. The van der Waals surface area contributed by atoms with Crippen LogP contribution in [0.25, 0.3) is 0 Å². The third-order valence-electron chi connectivity index (χ3n) is 7.65. The Kier molecular flexibility index (Phi) is 6.26. The SMILES string of the molecule is CCN1CCN(c2cccc3c2C[C@@H](CN(C)[C@H]2CCCc4cccnc42)NC3)CC1. The van der Waals surface area contributed by atoms with Gasteiger partial charge >= 0.3 is 0 Å². The van der Waals surface area contributed by atoms with Gasteiger partial charge in [-0.05, 0) is 68.1 Å². The van der Waals surface area contributed by atoms with Gasteiger partial charge in [0.05, 0.1) is 11.7 Å². The Morgan fingerprint density at radius 2 is 1.94 bits per heavy atom. The Morgan fingerprint density at radius 3 is 2.77 bits per heavy atom. The van der Waals surface area contributed by atoms with E-state index in [1.807, 2.05) is 6.20 Å². The normalized spacial score (nSPS) is 24.2. The molecule has 166 valence electrons. The maximum Gasteiger partial charge on any atom is 0.0607 e. The number of nitrogens with zero attached hydrogens (tertiary/aromatic N) is 4. The van der Waals surface area contributed by atoms with Crippen LogP contribution in [0.1, 0.15) is 48.2 Å². The Bertz CT molecular complexity index is 889. The summed E-state index contributed by atoms with van der Waals surface area (Å²) in [6.45, 7) is 10.1. The van der Waals surface area contributed by atoms with Gasteiger partial charge in [0.25, 0.3) is 0 Å². The summed E-state index contributed by atoms with van der Waals surface area (Å²) < 4.78 is 0. The third kappa shape index (κ3) is 4.36. The quantitative estimate of drug-likeness (QED) is 0.805. The van der Waals surface area contributed by atoms with Crippen molar-refractivity contribution in [2.75, 3.05) is 51.2 Å². The molecule has 0 bridgehead atoms. The lowest BCUT2D eigenvalue weighted by Gasteiger charge is -2.39. The van der Waals surface area contributed by atoms with Crippen LogP contribution >= 0.6 is 0 Å². The van der Waals surface area contributed by atoms with Crippen molar-refractivity contribution >= 4 is 5.69 Å². The molecule has 2 aromatic rings. The fourth-order valence-electron chi connectivity index (χ4n) is 5.81. The van der Waals surface area contributed by atoms with Gasteiger partial charge in [-0.2, -0.15) is 0 Å². The molecule has 1 aliphatic carbocycles. The second-order valence-corrected chi connectivity index (χ2v) is 9.51. The van der Waals surface area contributed by atoms with Crippen molar-refractivity contribution < 1.29 is 0 Å². The zero-order valence-electron chi connectivity index (χ0n) is 19.2. The van der Waals surface area contributed by atoms with Crippen molar-refractivity contribution in [3.8, 4) is 0 Å². The summed E-state index contributed by atoms with van der Waals surface area (Å²) >= 11 is 0. The summed E-state index contributed by atoms with van der Waals surface area (Å²) in [6.07, 6.45) is 6.74. The number of nitrogens with one attached hydrogen (secondary N) is 1. The van der Waals surface area contributed by atoms with E-state index in [1.54, 1.807) is 5.56 Å². The standard InChI is InChI=1S/C26H37N5/c1-3-30-13-15-31(16-14-30)24-10-5-8-21-18-28-22(17-23(21)24)19-29(2)25-11-4-7-20-9-6-12-27-26(20)25/h5-6,8-10,12,22,25,28H,3-4,7,11,13-19H2,1-2H3/t22-,25-/m0/s1. The Balaban J connectivity index is 1.29. The van der Waals surface area contributed by atoms with Crippen LogP contribution in [0.15, 0.2) is 36.5 Å². The monoisotopic (exact) mass is 419 g/mol. The number of aryl methyl sites for hydroxylation is 1. The van der Waals surface area contributed by atoms with Gasteiger partial charge in [-0.15, -0.1) is 0 Å². The molecule has 5 heteroatoms. The smallest absolute Gasteiger partial charge is 0.0607 e. The molecule has 1 saturated heterocycles. The highest BCUT2D eigenvalue weighted by atomic mass is 15.3. The minimum Gasteiger partial charge on any atom is -0.369 e. The molecular formula is C26H37N5. The molecule has 1 aromatic heterocycles. The summed E-state index contributed by atoms with van der Waals surface area (Å²) in [4.78, 5) is 12.5. The van der Waals surface area contributed by atoms with E-state index in [0.29, 0.717) is 12.1 Å². The van der Waals surface area contributed by atoms with Crippen molar-refractivity contribution in [1.82, 2.24) is 20.1 Å².